The molecule has 0 radical (unpaired) electrons. The van der Waals surface area contributed by atoms with Gasteiger partial charge in [0.25, 0.3) is 0 Å². The van der Waals surface area contributed by atoms with Crippen LogP contribution in [0.1, 0.15) is 13.3 Å². The Labute approximate surface area is 48.7 Å². The Kier molecular flexibility index (Phi) is 1.29. The van der Waals surface area contributed by atoms with Crippen molar-refractivity contribution in [2.24, 2.45) is 0 Å². The number of allylic oxidation sites excluding steroid dienone is 4. The lowest BCUT2D eigenvalue weighted by Crippen LogP contribution is -1.92. The van der Waals surface area contributed by atoms with Gasteiger partial charge in [-0.2, -0.15) is 0 Å². The highest BCUT2D eigenvalue weighted by Crippen LogP contribution is 2.05. The van der Waals surface area contributed by atoms with Crippen LogP contribution >= 0.6 is 0 Å². The molecule has 8 heavy (non-hydrogen) atoms. The lowest BCUT2D eigenvalue weighted by atomic mass is 10.1. The van der Waals surface area contributed by atoms with Crippen molar-refractivity contribution in [3.8, 4) is 0 Å². The predicted octanol–water partition coefficient (Wildman–Crippen LogP) is 1.46. The van der Waals surface area contributed by atoms with Gasteiger partial charge in [0.1, 0.15) is 0 Å². The summed E-state index contributed by atoms with van der Waals surface area (Å²) in [6, 6.07) is 0. The highest BCUT2D eigenvalue weighted by atomic mass is 16.1. The second-order valence-electron chi connectivity index (χ2n) is 2.00. The summed E-state index contributed by atoms with van der Waals surface area (Å²) in [5.74, 6) is 0.119. The highest BCUT2D eigenvalue weighted by Gasteiger charge is 1.96. The molecular formula is C7H8O. The highest BCUT2D eigenvalue weighted by molar-refractivity contribution is 6.00. The van der Waals surface area contributed by atoms with Gasteiger partial charge in [-0.25, -0.2) is 0 Å². The molecule has 0 fully saturated rings. The largest absolute Gasteiger partial charge is 0.290 e. The van der Waals surface area contributed by atoms with Gasteiger partial charge in [-0.05, 0) is 25.5 Å². The lowest BCUT2D eigenvalue weighted by Gasteiger charge is -1.97. The third-order valence-electron chi connectivity index (χ3n) is 1.11. The molecule has 0 aliphatic heterocycles. The summed E-state index contributed by atoms with van der Waals surface area (Å²) in [7, 11) is 0. The van der Waals surface area contributed by atoms with E-state index in [2.05, 4.69) is 0 Å². The fourth-order valence-electron chi connectivity index (χ4n) is 0.711. The Hall–Kier alpha value is -0.850. The third-order valence-corrected chi connectivity index (χ3v) is 1.11. The average molecular weight is 108 g/mol. The topological polar surface area (TPSA) is 17.1 Å². The molecule has 1 aliphatic rings. The zero-order valence-corrected chi connectivity index (χ0v) is 4.85. The van der Waals surface area contributed by atoms with Gasteiger partial charge in [0.05, 0.1) is 0 Å². The molecule has 0 aromatic rings. The van der Waals surface area contributed by atoms with Crippen molar-refractivity contribution in [2.75, 3.05) is 0 Å². The van der Waals surface area contributed by atoms with Crippen LogP contribution in [0.25, 0.3) is 0 Å². The Morgan fingerprint density at radius 3 is 2.75 bits per heavy atom. The Bertz CT molecular complexity index is 163. The maximum absolute atomic E-state index is 10.5. The summed E-state index contributed by atoms with van der Waals surface area (Å²) in [4.78, 5) is 10.5. The lowest BCUT2D eigenvalue weighted by molar-refractivity contribution is -0.110. The Balaban J connectivity index is 2.74. The molecule has 42 valence electrons. The number of rotatable bonds is 0. The van der Waals surface area contributed by atoms with E-state index in [9.17, 15) is 4.79 Å². The van der Waals surface area contributed by atoms with Crippen molar-refractivity contribution in [2.45, 2.75) is 13.3 Å². The van der Waals surface area contributed by atoms with Crippen LogP contribution < -0.4 is 0 Å². The maximum Gasteiger partial charge on any atom is 0.178 e. The molecule has 0 atom stereocenters. The molecule has 0 saturated heterocycles. The number of hydrogen-bond donors (Lipinski definition) is 0. The number of carbonyl (C=O) groups excluding carboxylic acids is 1. The first-order valence-electron chi connectivity index (χ1n) is 2.67. The fourth-order valence-corrected chi connectivity index (χ4v) is 0.711. The van der Waals surface area contributed by atoms with E-state index in [1.165, 1.54) is 0 Å². The van der Waals surface area contributed by atoms with Gasteiger partial charge in [-0.3, -0.25) is 4.79 Å². The van der Waals surface area contributed by atoms with Crippen LogP contribution in [0.15, 0.2) is 23.8 Å². The minimum Gasteiger partial charge on any atom is -0.290 e. The van der Waals surface area contributed by atoms with Crippen LogP contribution in [0.4, 0.5) is 0 Å². The SMILES string of the molecule is CC1=CC(=O)C=CC1. The second kappa shape index (κ2) is 1.95. The standard InChI is InChI=1S/C7H8O/c1-6-3-2-4-7(8)5-6/h2,4-5H,3H2,1H3. The monoisotopic (exact) mass is 108 g/mol. The van der Waals surface area contributed by atoms with Gasteiger partial charge in [0.2, 0.25) is 0 Å². The second-order valence-corrected chi connectivity index (χ2v) is 2.00. The first-order chi connectivity index (χ1) is 3.79. The summed E-state index contributed by atoms with van der Waals surface area (Å²) >= 11 is 0. The van der Waals surface area contributed by atoms with Crippen molar-refractivity contribution >= 4 is 5.78 Å². The van der Waals surface area contributed by atoms with Crippen LogP contribution in [0.2, 0.25) is 0 Å². The number of ketones is 1. The van der Waals surface area contributed by atoms with Gasteiger partial charge in [-0.1, -0.05) is 11.6 Å². The molecule has 0 amide bonds. The van der Waals surface area contributed by atoms with E-state index in [1.807, 2.05) is 13.0 Å². The molecule has 0 saturated carbocycles. The average Bonchev–Trinajstić information content (AvgIpc) is 1.64. The van der Waals surface area contributed by atoms with Crippen LogP contribution in [0, 0.1) is 0 Å². The molecule has 0 bridgehead atoms. The van der Waals surface area contributed by atoms with E-state index in [4.69, 9.17) is 0 Å². The van der Waals surface area contributed by atoms with Gasteiger partial charge >= 0.3 is 0 Å². The molecule has 0 aromatic carbocycles. The summed E-state index contributed by atoms with van der Waals surface area (Å²) in [5.41, 5.74) is 1.15. The van der Waals surface area contributed by atoms with Crippen LogP contribution in [0.5, 0.6) is 0 Å². The third kappa shape index (κ3) is 1.06. The molecule has 0 aromatic heterocycles. The van der Waals surface area contributed by atoms with E-state index < -0.39 is 0 Å². The van der Waals surface area contributed by atoms with Crippen molar-refractivity contribution in [3.63, 3.8) is 0 Å². The summed E-state index contributed by atoms with van der Waals surface area (Å²) in [6.45, 7) is 1.96. The maximum atomic E-state index is 10.5. The van der Waals surface area contributed by atoms with E-state index in [-0.39, 0.29) is 5.78 Å². The van der Waals surface area contributed by atoms with E-state index in [0.717, 1.165) is 12.0 Å². The number of hydrogen-bond acceptors (Lipinski definition) is 1. The van der Waals surface area contributed by atoms with Crippen LogP contribution in [-0.2, 0) is 4.79 Å². The predicted molar refractivity (Wildman–Crippen MR) is 32.5 cm³/mol. The van der Waals surface area contributed by atoms with E-state index in [1.54, 1.807) is 12.2 Å². The Morgan fingerprint density at radius 2 is 2.38 bits per heavy atom. The molecule has 0 spiro atoms. The van der Waals surface area contributed by atoms with Gasteiger partial charge in [0, 0.05) is 0 Å². The summed E-state index contributed by atoms with van der Waals surface area (Å²) < 4.78 is 0. The fraction of sp³-hybridized carbons (Fsp3) is 0.286. The van der Waals surface area contributed by atoms with Gasteiger partial charge in [0.15, 0.2) is 5.78 Å². The molecule has 0 N–H and O–H groups in total. The smallest absolute Gasteiger partial charge is 0.178 e. The van der Waals surface area contributed by atoms with Gasteiger partial charge < -0.3 is 0 Å². The molecule has 1 heteroatoms. The Morgan fingerprint density at radius 1 is 1.62 bits per heavy atom. The zero-order valence-electron chi connectivity index (χ0n) is 4.85. The van der Waals surface area contributed by atoms with Gasteiger partial charge in [-0.15, -0.1) is 0 Å². The molecule has 1 aliphatic carbocycles. The zero-order chi connectivity index (χ0) is 5.98. The molecule has 1 rings (SSSR count). The summed E-state index contributed by atoms with van der Waals surface area (Å²) in [5, 5.41) is 0. The van der Waals surface area contributed by atoms with E-state index >= 15 is 0 Å². The van der Waals surface area contributed by atoms with Crippen LogP contribution in [-0.4, -0.2) is 5.78 Å². The molecule has 0 heterocycles. The summed E-state index contributed by atoms with van der Waals surface area (Å²) in [6.07, 6.45) is 6.09. The first-order valence-corrected chi connectivity index (χ1v) is 2.67. The first kappa shape index (κ1) is 5.29. The number of carbonyl (C=O) groups is 1. The van der Waals surface area contributed by atoms with Crippen LogP contribution in [0.3, 0.4) is 0 Å². The van der Waals surface area contributed by atoms with Crippen molar-refractivity contribution < 1.29 is 4.79 Å². The molecule has 0 unspecified atom stereocenters. The van der Waals surface area contributed by atoms with Crippen molar-refractivity contribution in [1.82, 2.24) is 0 Å². The van der Waals surface area contributed by atoms with Crippen molar-refractivity contribution in [1.29, 1.82) is 0 Å². The van der Waals surface area contributed by atoms with E-state index in [0.29, 0.717) is 0 Å². The minimum absolute atomic E-state index is 0.119. The molecular weight excluding hydrogens is 100 g/mol. The van der Waals surface area contributed by atoms with Crippen molar-refractivity contribution in [3.05, 3.63) is 23.8 Å². The molecule has 1 nitrogen and oxygen atoms in total. The minimum atomic E-state index is 0.119. The quantitative estimate of drug-likeness (QED) is 0.459. The normalized spacial score (nSPS) is 18.6.